The van der Waals surface area contributed by atoms with Crippen molar-refractivity contribution in [2.24, 2.45) is 11.8 Å². The number of benzene rings is 1. The Labute approximate surface area is 207 Å². The van der Waals surface area contributed by atoms with Crippen LogP contribution in [0.3, 0.4) is 0 Å². The summed E-state index contributed by atoms with van der Waals surface area (Å²) < 4.78 is 0. The molecule has 3 aliphatic rings. The second kappa shape index (κ2) is 9.18. The van der Waals surface area contributed by atoms with Gasteiger partial charge in [0.25, 0.3) is 5.91 Å². The van der Waals surface area contributed by atoms with Crippen molar-refractivity contribution in [3.63, 3.8) is 0 Å². The summed E-state index contributed by atoms with van der Waals surface area (Å²) in [5.74, 6) is -2.51. The summed E-state index contributed by atoms with van der Waals surface area (Å²) in [4.78, 5) is 53.5. The number of nitrogens with one attached hydrogen (secondary N) is 4. The molecule has 35 heavy (non-hydrogen) atoms. The van der Waals surface area contributed by atoms with E-state index in [-0.39, 0.29) is 23.6 Å². The highest BCUT2D eigenvalue weighted by Crippen LogP contribution is 2.44. The molecule has 1 aromatic heterocycles. The van der Waals surface area contributed by atoms with Gasteiger partial charge in [0.15, 0.2) is 0 Å². The highest BCUT2D eigenvalue weighted by Gasteiger charge is 2.48. The van der Waals surface area contributed by atoms with E-state index < -0.39 is 35.8 Å². The molecule has 3 fully saturated rings. The van der Waals surface area contributed by atoms with Crippen molar-refractivity contribution in [2.45, 2.75) is 69.0 Å². The molecule has 2 heterocycles. The molecule has 3 amide bonds. The van der Waals surface area contributed by atoms with E-state index in [1.807, 2.05) is 6.07 Å². The summed E-state index contributed by atoms with van der Waals surface area (Å²) in [6, 6.07) is 4.90. The Balaban J connectivity index is 1.25. The van der Waals surface area contributed by atoms with Crippen LogP contribution in [0, 0.1) is 11.8 Å². The minimum absolute atomic E-state index is 0.0214. The summed E-state index contributed by atoms with van der Waals surface area (Å²) in [6.45, 7) is 0. The molecule has 0 bridgehead atoms. The molecule has 2 aromatic rings. The first kappa shape index (κ1) is 23.7. The third-order valence-corrected chi connectivity index (χ3v) is 7.77. The van der Waals surface area contributed by atoms with E-state index >= 15 is 0 Å². The maximum absolute atomic E-state index is 13.1. The van der Waals surface area contributed by atoms with E-state index in [0.29, 0.717) is 29.3 Å². The van der Waals surface area contributed by atoms with E-state index in [9.17, 15) is 24.3 Å². The minimum atomic E-state index is -1.21. The first-order valence-corrected chi connectivity index (χ1v) is 12.5. The fraction of sp³-hybridized carbons (Fsp3) is 0.520. The largest absolute Gasteiger partial charge is 0.480 e. The zero-order valence-electron chi connectivity index (χ0n) is 19.2. The van der Waals surface area contributed by atoms with Crippen LogP contribution in [0.15, 0.2) is 24.3 Å². The van der Waals surface area contributed by atoms with Gasteiger partial charge in [-0.1, -0.05) is 36.6 Å². The number of hydrogen-bond donors (Lipinski definition) is 5. The summed E-state index contributed by atoms with van der Waals surface area (Å²) in [5, 5.41) is 19.4. The van der Waals surface area contributed by atoms with E-state index in [2.05, 4.69) is 20.9 Å². The Morgan fingerprint density at radius 2 is 1.86 bits per heavy atom. The normalized spacial score (nSPS) is 22.3. The van der Waals surface area contributed by atoms with Crippen molar-refractivity contribution in [1.29, 1.82) is 0 Å². The van der Waals surface area contributed by atoms with Gasteiger partial charge in [-0.2, -0.15) is 0 Å². The number of rotatable bonds is 9. The standard InChI is InChI=1S/C25H29ClN4O5/c26-16-3-1-2-14-11-18(27-20(14)16)23(33)28-17(10-13-4-5-13)22(32)29-19(24(34)35)12-15-6-7-25(8-9-25)30-21(15)31/h1-3,11,13,15,17,19,27H,4-10,12H2,(H,28,33)(H,29,32)(H,30,31)(H,34,35). The molecule has 5 rings (SSSR count). The topological polar surface area (TPSA) is 140 Å². The highest BCUT2D eigenvalue weighted by atomic mass is 35.5. The summed E-state index contributed by atoms with van der Waals surface area (Å²) in [7, 11) is 0. The van der Waals surface area contributed by atoms with Crippen molar-refractivity contribution >= 4 is 46.2 Å². The number of fused-ring (bicyclic) bond motifs is 1. The van der Waals surface area contributed by atoms with Gasteiger partial charge in [-0.15, -0.1) is 0 Å². The smallest absolute Gasteiger partial charge is 0.326 e. The fourth-order valence-electron chi connectivity index (χ4n) is 4.93. The molecule has 2 aliphatic carbocycles. The summed E-state index contributed by atoms with van der Waals surface area (Å²) in [5.41, 5.74) is 0.818. The molecule has 9 nitrogen and oxygen atoms in total. The Hall–Kier alpha value is -3.07. The lowest BCUT2D eigenvalue weighted by molar-refractivity contribution is -0.143. The van der Waals surface area contributed by atoms with Crippen molar-refractivity contribution in [2.75, 3.05) is 0 Å². The van der Waals surface area contributed by atoms with E-state index in [4.69, 9.17) is 11.6 Å². The van der Waals surface area contributed by atoms with Crippen LogP contribution in [0.2, 0.25) is 5.02 Å². The number of para-hydroxylation sites is 1. The van der Waals surface area contributed by atoms with Crippen molar-refractivity contribution in [3.8, 4) is 0 Å². The van der Waals surface area contributed by atoms with Gasteiger partial charge in [-0.25, -0.2) is 4.79 Å². The molecule has 186 valence electrons. The van der Waals surface area contributed by atoms with Crippen LogP contribution >= 0.6 is 11.6 Å². The number of hydrogen-bond acceptors (Lipinski definition) is 4. The summed E-state index contributed by atoms with van der Waals surface area (Å²) >= 11 is 6.19. The van der Waals surface area contributed by atoms with E-state index in [0.717, 1.165) is 37.5 Å². The lowest BCUT2D eigenvalue weighted by Gasteiger charge is -2.31. The van der Waals surface area contributed by atoms with Crippen LogP contribution in [-0.2, 0) is 14.4 Å². The second-order valence-corrected chi connectivity index (χ2v) is 10.6. The van der Waals surface area contributed by atoms with Crippen molar-refractivity contribution < 1.29 is 24.3 Å². The maximum Gasteiger partial charge on any atom is 0.326 e. The lowest BCUT2D eigenvalue weighted by Crippen LogP contribution is -2.54. The molecule has 3 unspecified atom stereocenters. The fourth-order valence-corrected chi connectivity index (χ4v) is 5.16. The number of aromatic amines is 1. The maximum atomic E-state index is 13.1. The molecule has 10 heteroatoms. The van der Waals surface area contributed by atoms with Crippen molar-refractivity contribution in [3.05, 3.63) is 35.0 Å². The molecular weight excluding hydrogens is 472 g/mol. The SMILES string of the molecule is O=C(NC(CC1CC1)C(=O)NC(CC1CCC2(CC2)NC1=O)C(=O)O)c1cc2cccc(Cl)c2[nH]1. The zero-order valence-corrected chi connectivity index (χ0v) is 20.0. The average Bonchev–Trinajstić information content (AvgIpc) is 3.73. The van der Waals surface area contributed by atoms with Crippen LogP contribution in [0.4, 0.5) is 0 Å². The quantitative estimate of drug-likeness (QED) is 0.360. The number of piperidine rings is 1. The van der Waals surface area contributed by atoms with Gasteiger partial charge in [0.2, 0.25) is 11.8 Å². The van der Waals surface area contributed by atoms with Gasteiger partial charge < -0.3 is 26.0 Å². The number of carboxylic acids is 1. The van der Waals surface area contributed by atoms with Crippen LogP contribution in [0.5, 0.6) is 0 Å². The number of amides is 3. The average molecular weight is 501 g/mol. The van der Waals surface area contributed by atoms with Crippen molar-refractivity contribution in [1.82, 2.24) is 20.9 Å². The lowest BCUT2D eigenvalue weighted by atomic mass is 9.87. The number of aromatic nitrogens is 1. The molecule has 1 aromatic carbocycles. The molecule has 5 N–H and O–H groups in total. The van der Waals surface area contributed by atoms with Crippen LogP contribution < -0.4 is 16.0 Å². The molecule has 1 saturated heterocycles. The van der Waals surface area contributed by atoms with Gasteiger partial charge in [0, 0.05) is 16.8 Å². The minimum Gasteiger partial charge on any atom is -0.480 e. The Kier molecular flexibility index (Phi) is 6.21. The number of carbonyl (C=O) groups is 4. The van der Waals surface area contributed by atoms with E-state index in [1.54, 1.807) is 18.2 Å². The Bertz CT molecular complexity index is 1190. The van der Waals surface area contributed by atoms with Crippen LogP contribution in [0.25, 0.3) is 10.9 Å². The van der Waals surface area contributed by atoms with Crippen LogP contribution in [-0.4, -0.2) is 51.4 Å². The molecular formula is C25H29ClN4O5. The third kappa shape index (κ3) is 5.29. The molecule has 2 saturated carbocycles. The van der Waals surface area contributed by atoms with Gasteiger partial charge in [-0.05, 0) is 56.6 Å². The van der Waals surface area contributed by atoms with Gasteiger partial charge >= 0.3 is 5.97 Å². The molecule has 0 radical (unpaired) electrons. The monoisotopic (exact) mass is 500 g/mol. The molecule has 3 atom stereocenters. The second-order valence-electron chi connectivity index (χ2n) is 10.2. The highest BCUT2D eigenvalue weighted by molar-refractivity contribution is 6.35. The number of carboxylic acid groups (broad SMARTS) is 1. The van der Waals surface area contributed by atoms with Gasteiger partial charge in [0.05, 0.1) is 10.5 Å². The first-order chi connectivity index (χ1) is 16.7. The predicted molar refractivity (Wildman–Crippen MR) is 129 cm³/mol. The first-order valence-electron chi connectivity index (χ1n) is 12.2. The Morgan fingerprint density at radius 1 is 1.09 bits per heavy atom. The number of halogens is 1. The zero-order chi connectivity index (χ0) is 24.7. The summed E-state index contributed by atoms with van der Waals surface area (Å²) in [6.07, 6.45) is 5.76. The molecule has 1 aliphatic heterocycles. The Morgan fingerprint density at radius 3 is 2.49 bits per heavy atom. The predicted octanol–water partition coefficient (Wildman–Crippen LogP) is 2.74. The molecule has 1 spiro atoms. The number of carbonyl (C=O) groups excluding carboxylic acids is 3. The number of aliphatic carboxylic acids is 1. The number of H-pyrrole nitrogens is 1. The van der Waals surface area contributed by atoms with Crippen LogP contribution in [0.1, 0.15) is 61.9 Å². The third-order valence-electron chi connectivity index (χ3n) is 7.46. The van der Waals surface area contributed by atoms with Gasteiger partial charge in [0.1, 0.15) is 17.8 Å². The van der Waals surface area contributed by atoms with Gasteiger partial charge in [-0.3, -0.25) is 14.4 Å². The van der Waals surface area contributed by atoms with E-state index in [1.165, 1.54) is 0 Å².